The first-order valence-corrected chi connectivity index (χ1v) is 10.9. The topological polar surface area (TPSA) is 121 Å². The lowest BCUT2D eigenvalue weighted by Crippen LogP contribution is -2.23. The van der Waals surface area contributed by atoms with Crippen LogP contribution in [0.5, 0.6) is 0 Å². The Morgan fingerprint density at radius 3 is 2.59 bits per heavy atom. The van der Waals surface area contributed by atoms with Crippen molar-refractivity contribution < 1.29 is 27.7 Å². The maximum atomic E-state index is 13.4. The molecule has 1 aliphatic rings. The summed E-state index contributed by atoms with van der Waals surface area (Å²) in [5.74, 6) is -1.56. The quantitative estimate of drug-likeness (QED) is 0.568. The van der Waals surface area contributed by atoms with Crippen LogP contribution >= 0.6 is 0 Å². The van der Waals surface area contributed by atoms with E-state index in [-0.39, 0.29) is 16.9 Å². The van der Waals surface area contributed by atoms with Gasteiger partial charge in [-0.3, -0.25) is 9.97 Å². The largest absolute Gasteiger partial charge is 0.357 e. The van der Waals surface area contributed by atoms with E-state index in [1.165, 1.54) is 37.8 Å². The van der Waals surface area contributed by atoms with Gasteiger partial charge in [-0.2, -0.15) is 0 Å². The van der Waals surface area contributed by atoms with E-state index >= 15 is 0 Å². The predicted molar refractivity (Wildman–Crippen MR) is 111 cm³/mol. The number of carbonyl (C=O) groups excluding carboxylic acids is 2. The maximum absolute atomic E-state index is 13.4. The molecule has 0 unspecified atom stereocenters. The predicted octanol–water partition coefficient (Wildman–Crippen LogP) is 1.82. The van der Waals surface area contributed by atoms with Gasteiger partial charge in [-0.25, -0.2) is 22.0 Å². The molecule has 4 rings (SSSR count). The van der Waals surface area contributed by atoms with Gasteiger partial charge in [0, 0.05) is 42.5 Å². The first kappa shape index (κ1) is 21.4. The minimum Gasteiger partial charge on any atom is -0.329 e. The zero-order valence-electron chi connectivity index (χ0n) is 17.1. The molecule has 0 aromatic carbocycles. The molecule has 0 bridgehead atoms. The Morgan fingerprint density at radius 2 is 1.88 bits per heavy atom. The Labute approximate surface area is 183 Å². The van der Waals surface area contributed by atoms with Gasteiger partial charge in [0.2, 0.25) is 0 Å². The van der Waals surface area contributed by atoms with Crippen molar-refractivity contribution >= 4 is 22.0 Å². The fraction of sp³-hybridized carbons (Fsp3) is 0.143. The van der Waals surface area contributed by atoms with Crippen molar-refractivity contribution in [2.24, 2.45) is 0 Å². The highest BCUT2D eigenvalue weighted by atomic mass is 32.2. The van der Waals surface area contributed by atoms with E-state index in [9.17, 15) is 18.0 Å². The fourth-order valence-corrected chi connectivity index (χ4v) is 4.57. The lowest BCUT2D eigenvalue weighted by Gasteiger charge is -2.11. The number of aryl methyl sites for hydroxylation is 1. The molecule has 11 heteroatoms. The van der Waals surface area contributed by atoms with Crippen LogP contribution in [0.3, 0.4) is 0 Å². The Kier molecular flexibility index (Phi) is 5.59. The van der Waals surface area contributed by atoms with Crippen molar-refractivity contribution in [3.8, 4) is 11.4 Å². The summed E-state index contributed by atoms with van der Waals surface area (Å²) in [4.78, 5) is 42.0. The van der Waals surface area contributed by atoms with Gasteiger partial charge in [-0.05, 0) is 42.3 Å². The molecule has 0 spiro atoms. The summed E-state index contributed by atoms with van der Waals surface area (Å²) in [6.45, 7) is 1.81. The number of hydrogen-bond acceptors (Lipinski definition) is 9. The Bertz CT molecular complexity index is 1330. The van der Waals surface area contributed by atoms with Crippen LogP contribution in [0.1, 0.15) is 11.1 Å². The van der Waals surface area contributed by atoms with Crippen LogP contribution in [-0.4, -0.2) is 46.6 Å². The van der Waals surface area contributed by atoms with Gasteiger partial charge in [-0.1, -0.05) is 6.07 Å². The summed E-state index contributed by atoms with van der Waals surface area (Å²) in [7, 11) is -2.75. The second-order valence-electron chi connectivity index (χ2n) is 6.97. The van der Waals surface area contributed by atoms with E-state index in [2.05, 4.69) is 9.97 Å². The molecule has 3 aromatic rings. The number of nitrogens with zero attached hydrogens (tertiary/aromatic N) is 4. The molecule has 0 aliphatic carbocycles. The lowest BCUT2D eigenvalue weighted by molar-refractivity contribution is -0.304. The first-order valence-electron chi connectivity index (χ1n) is 9.43. The Morgan fingerprint density at radius 1 is 1.09 bits per heavy atom. The molecule has 0 saturated heterocycles. The molecule has 3 aromatic heterocycles. The van der Waals surface area contributed by atoms with Crippen molar-refractivity contribution in [3.05, 3.63) is 77.9 Å². The Balaban J connectivity index is 1.83. The van der Waals surface area contributed by atoms with Crippen LogP contribution in [0.2, 0.25) is 0 Å². The summed E-state index contributed by atoms with van der Waals surface area (Å²) in [6.07, 6.45) is 6.64. The van der Waals surface area contributed by atoms with Gasteiger partial charge in [0.1, 0.15) is 4.90 Å². The van der Waals surface area contributed by atoms with E-state index in [1.807, 2.05) is 13.0 Å². The molecule has 0 fully saturated rings. The van der Waals surface area contributed by atoms with Crippen molar-refractivity contribution in [2.75, 3.05) is 7.05 Å². The van der Waals surface area contributed by atoms with Crippen LogP contribution < -0.4 is 0 Å². The Hall–Kier alpha value is -3.83. The zero-order valence-corrected chi connectivity index (χ0v) is 17.9. The average Bonchev–Trinajstić information content (AvgIpc) is 3.13. The van der Waals surface area contributed by atoms with Crippen molar-refractivity contribution in [1.82, 2.24) is 19.2 Å². The summed E-state index contributed by atoms with van der Waals surface area (Å²) in [6, 6.07) is 8.13. The van der Waals surface area contributed by atoms with Crippen LogP contribution in [0, 0.1) is 6.92 Å². The highest BCUT2D eigenvalue weighted by Crippen LogP contribution is 2.29. The third kappa shape index (κ3) is 4.15. The van der Waals surface area contributed by atoms with Gasteiger partial charge < -0.3 is 9.68 Å². The molecular weight excluding hydrogens is 436 g/mol. The summed E-state index contributed by atoms with van der Waals surface area (Å²) >= 11 is 0. The highest BCUT2D eigenvalue weighted by molar-refractivity contribution is 7.90. The van der Waals surface area contributed by atoms with E-state index < -0.39 is 22.0 Å². The van der Waals surface area contributed by atoms with Crippen LogP contribution in [0.15, 0.2) is 71.7 Å². The van der Waals surface area contributed by atoms with Gasteiger partial charge in [0.05, 0.1) is 24.0 Å². The molecule has 0 amide bonds. The average molecular weight is 454 g/mol. The van der Waals surface area contributed by atoms with Crippen LogP contribution in [0.4, 0.5) is 0 Å². The van der Waals surface area contributed by atoms with Gasteiger partial charge >= 0.3 is 11.9 Å². The standard InChI is InChI=1S/C21H18N4O6S/c1-14-5-3-8-23-20(14)18-10-15(9-16-11-19(26)30-24(2)31-21(16)27)13-25(18)32(28,29)17-6-4-7-22-12-17/h3-8,10-13H,9H2,1-2H3. The van der Waals surface area contributed by atoms with Gasteiger partial charge in [-0.15, -0.1) is 0 Å². The number of carbonyl (C=O) groups is 2. The van der Waals surface area contributed by atoms with E-state index in [0.29, 0.717) is 22.2 Å². The minimum atomic E-state index is -4.02. The first-order chi connectivity index (χ1) is 15.3. The molecule has 32 heavy (non-hydrogen) atoms. The monoisotopic (exact) mass is 454 g/mol. The molecule has 10 nitrogen and oxygen atoms in total. The lowest BCUT2D eigenvalue weighted by atomic mass is 10.1. The molecular formula is C21H18N4O6S. The smallest absolute Gasteiger partial charge is 0.329 e. The maximum Gasteiger partial charge on any atom is 0.357 e. The van der Waals surface area contributed by atoms with Crippen molar-refractivity contribution in [2.45, 2.75) is 18.2 Å². The molecule has 4 heterocycles. The van der Waals surface area contributed by atoms with Crippen LogP contribution in [0.25, 0.3) is 11.4 Å². The van der Waals surface area contributed by atoms with Crippen LogP contribution in [-0.2, 0) is 35.7 Å². The van der Waals surface area contributed by atoms with Gasteiger partial charge in [0.15, 0.2) is 0 Å². The third-order valence-corrected chi connectivity index (χ3v) is 6.32. The van der Waals surface area contributed by atoms with E-state index in [1.54, 1.807) is 18.3 Å². The SMILES string of the molecule is Cc1cccnc1-c1cc(CC2=CC(=O)ON(C)OC2=O)cn1S(=O)(=O)c1cccnc1. The molecule has 164 valence electrons. The molecule has 0 saturated carbocycles. The summed E-state index contributed by atoms with van der Waals surface area (Å²) in [5.41, 5.74) is 2.00. The fourth-order valence-electron chi connectivity index (χ4n) is 3.22. The van der Waals surface area contributed by atoms with E-state index in [4.69, 9.17) is 9.68 Å². The van der Waals surface area contributed by atoms with E-state index in [0.717, 1.165) is 15.6 Å². The number of rotatable bonds is 5. The molecule has 1 aliphatic heterocycles. The van der Waals surface area contributed by atoms with Crippen molar-refractivity contribution in [1.29, 1.82) is 0 Å². The third-order valence-electron chi connectivity index (χ3n) is 4.66. The normalized spacial score (nSPS) is 15.0. The second kappa shape index (κ2) is 8.36. The number of hydroxylamine groups is 2. The minimum absolute atomic E-state index is 0.00437. The second-order valence-corrected chi connectivity index (χ2v) is 8.78. The number of hydrogen-bond donors (Lipinski definition) is 0. The van der Waals surface area contributed by atoms with Gasteiger partial charge in [0.25, 0.3) is 10.0 Å². The number of aromatic nitrogens is 3. The van der Waals surface area contributed by atoms with Crippen molar-refractivity contribution in [3.63, 3.8) is 0 Å². The summed E-state index contributed by atoms with van der Waals surface area (Å²) < 4.78 is 27.8. The number of pyridine rings is 2. The molecule has 0 radical (unpaired) electrons. The molecule has 0 atom stereocenters. The molecule has 0 N–H and O–H groups in total. The highest BCUT2D eigenvalue weighted by Gasteiger charge is 2.27. The summed E-state index contributed by atoms with van der Waals surface area (Å²) in [5, 5.41) is 0.662. The zero-order chi connectivity index (χ0) is 22.9.